The van der Waals surface area contributed by atoms with Gasteiger partial charge in [0.05, 0.1) is 25.1 Å². The molecular weight excluding hydrogens is 542 g/mol. The number of fused-ring (bicyclic) bond motifs is 1. The molecular formula is C25H23N7O7S. The van der Waals surface area contributed by atoms with Crippen molar-refractivity contribution in [1.82, 2.24) is 24.2 Å². The predicted molar refractivity (Wildman–Crippen MR) is 141 cm³/mol. The summed E-state index contributed by atoms with van der Waals surface area (Å²) in [5, 5.41) is 22.3. The highest BCUT2D eigenvalue weighted by atomic mass is 32.2. The van der Waals surface area contributed by atoms with E-state index in [9.17, 15) is 23.4 Å². The highest BCUT2D eigenvalue weighted by Gasteiger charge is 2.51. The minimum Gasteiger partial charge on any atom is -0.398 e. The zero-order chi connectivity index (χ0) is 28.5. The third-order valence-electron chi connectivity index (χ3n) is 6.08. The highest BCUT2D eigenvalue weighted by Crippen LogP contribution is 2.33. The number of para-hydroxylation sites is 1. The van der Waals surface area contributed by atoms with Gasteiger partial charge in [-0.15, -0.1) is 0 Å². The number of amides is 1. The van der Waals surface area contributed by atoms with Crippen LogP contribution in [0.2, 0.25) is 0 Å². The number of carbonyl (C=O) groups is 1. The Balaban J connectivity index is 1.33. The van der Waals surface area contributed by atoms with Crippen LogP contribution in [-0.2, 0) is 24.9 Å². The molecule has 1 amide bonds. The molecule has 0 aliphatic carbocycles. The summed E-state index contributed by atoms with van der Waals surface area (Å²) in [7, 11) is -4.62. The van der Waals surface area contributed by atoms with Gasteiger partial charge in [0.2, 0.25) is 5.82 Å². The Hall–Kier alpha value is -4.59. The summed E-state index contributed by atoms with van der Waals surface area (Å²) in [5.74, 6) is 4.76. The molecule has 0 spiro atoms. The molecule has 5 rings (SSSR count). The number of nitrogens with one attached hydrogen (secondary N) is 1. The molecule has 3 atom stereocenters. The summed E-state index contributed by atoms with van der Waals surface area (Å²) < 4.78 is 37.8. The van der Waals surface area contributed by atoms with Crippen LogP contribution in [0.25, 0.3) is 11.2 Å². The molecule has 0 radical (unpaired) electrons. The fourth-order valence-electron chi connectivity index (χ4n) is 4.02. The zero-order valence-corrected chi connectivity index (χ0v) is 21.4. The Bertz CT molecular complexity index is 1750. The van der Waals surface area contributed by atoms with Crippen LogP contribution in [0.15, 0.2) is 60.9 Å². The number of rotatable bonds is 6. The maximum absolute atomic E-state index is 12.3. The standard InChI is InChI=1S/C25H23N7O7S/c26-17-9-5-4-8-16(17)24(34)31-40(36,37)39-12-18-21(33)25(35,13-38-18)32-14-28-20-22(27)29-19(30-23(20)32)11-10-15-6-2-1-3-7-15/h1-9,14,18,21,33,35H,12-13,26H2,(H,31,34)(H2,27,29,30)/t18-,21-,25-/m1/s1. The van der Waals surface area contributed by atoms with E-state index in [4.69, 9.17) is 20.4 Å². The van der Waals surface area contributed by atoms with Crippen LogP contribution in [-0.4, -0.2) is 69.5 Å². The molecule has 1 aliphatic rings. The number of ether oxygens (including phenoxy) is 1. The van der Waals surface area contributed by atoms with Gasteiger partial charge >= 0.3 is 10.3 Å². The first kappa shape index (κ1) is 27.0. The molecule has 40 heavy (non-hydrogen) atoms. The minimum absolute atomic E-state index is 0.00103. The molecule has 4 aromatic rings. The lowest BCUT2D eigenvalue weighted by Crippen LogP contribution is -2.47. The van der Waals surface area contributed by atoms with Gasteiger partial charge in [-0.25, -0.2) is 19.7 Å². The third kappa shape index (κ3) is 5.30. The van der Waals surface area contributed by atoms with Crippen LogP contribution in [0.1, 0.15) is 21.7 Å². The van der Waals surface area contributed by atoms with Crippen molar-refractivity contribution >= 4 is 38.9 Å². The van der Waals surface area contributed by atoms with E-state index >= 15 is 0 Å². The maximum atomic E-state index is 12.3. The number of hydrogen-bond acceptors (Lipinski definition) is 12. The number of nitrogen functional groups attached to an aromatic ring is 2. The number of benzene rings is 2. The molecule has 15 heteroatoms. The molecule has 1 fully saturated rings. The van der Waals surface area contributed by atoms with E-state index in [1.807, 2.05) is 18.2 Å². The number of imidazole rings is 1. The van der Waals surface area contributed by atoms with Crippen molar-refractivity contribution in [3.63, 3.8) is 0 Å². The monoisotopic (exact) mass is 565 g/mol. The predicted octanol–water partition coefficient (Wildman–Crippen LogP) is -0.513. The molecule has 0 saturated carbocycles. The summed E-state index contributed by atoms with van der Waals surface area (Å²) in [5.41, 5.74) is 10.5. The summed E-state index contributed by atoms with van der Waals surface area (Å²) in [4.78, 5) is 24.9. The molecule has 1 aliphatic heterocycles. The Kier molecular flexibility index (Phi) is 7.10. The van der Waals surface area contributed by atoms with Gasteiger partial charge in [-0.05, 0) is 30.2 Å². The molecule has 7 N–H and O–H groups in total. The normalized spacial score (nSPS) is 20.6. The third-order valence-corrected chi connectivity index (χ3v) is 6.96. The second kappa shape index (κ2) is 10.5. The topological polar surface area (TPSA) is 218 Å². The van der Waals surface area contributed by atoms with Crippen molar-refractivity contribution < 1.29 is 32.3 Å². The van der Waals surface area contributed by atoms with Crippen molar-refractivity contribution in [3.8, 4) is 11.8 Å². The van der Waals surface area contributed by atoms with E-state index in [1.54, 1.807) is 22.9 Å². The van der Waals surface area contributed by atoms with E-state index in [1.165, 1.54) is 24.5 Å². The van der Waals surface area contributed by atoms with Crippen LogP contribution in [0, 0.1) is 11.8 Å². The lowest BCUT2D eigenvalue weighted by atomic mass is 10.1. The fourth-order valence-corrected chi connectivity index (χ4v) is 4.73. The van der Waals surface area contributed by atoms with Crippen molar-refractivity contribution in [2.24, 2.45) is 0 Å². The van der Waals surface area contributed by atoms with Crippen molar-refractivity contribution in [2.75, 3.05) is 24.7 Å². The highest BCUT2D eigenvalue weighted by molar-refractivity contribution is 7.85. The van der Waals surface area contributed by atoms with E-state index in [2.05, 4.69) is 26.8 Å². The Labute approximate surface area is 227 Å². The van der Waals surface area contributed by atoms with Gasteiger partial charge in [0.25, 0.3) is 5.91 Å². The average molecular weight is 566 g/mol. The lowest BCUT2D eigenvalue weighted by molar-refractivity contribution is -0.109. The van der Waals surface area contributed by atoms with Gasteiger partial charge < -0.3 is 26.4 Å². The first-order valence-electron chi connectivity index (χ1n) is 11.7. The average Bonchev–Trinajstić information content (AvgIpc) is 3.49. The van der Waals surface area contributed by atoms with Crippen molar-refractivity contribution in [3.05, 3.63) is 77.9 Å². The Morgan fingerprint density at radius 3 is 2.62 bits per heavy atom. The second-order valence-corrected chi connectivity index (χ2v) is 10.1. The van der Waals surface area contributed by atoms with E-state index < -0.39 is 47.4 Å². The number of aliphatic hydroxyl groups excluding tert-OH is 1. The quantitative estimate of drug-likeness (QED) is 0.147. The van der Waals surface area contributed by atoms with Crippen molar-refractivity contribution in [1.29, 1.82) is 0 Å². The molecule has 2 aromatic carbocycles. The van der Waals surface area contributed by atoms with Gasteiger partial charge in [-0.3, -0.25) is 13.5 Å². The number of aliphatic hydroxyl groups is 2. The number of aromatic nitrogens is 4. The molecule has 3 heterocycles. The smallest absolute Gasteiger partial charge is 0.362 e. The van der Waals surface area contributed by atoms with Crippen LogP contribution in [0.5, 0.6) is 0 Å². The van der Waals surface area contributed by atoms with Crippen LogP contribution in [0.4, 0.5) is 11.5 Å². The van der Waals surface area contributed by atoms with Crippen molar-refractivity contribution in [2.45, 2.75) is 17.9 Å². The van der Waals surface area contributed by atoms with Crippen LogP contribution >= 0.6 is 0 Å². The van der Waals surface area contributed by atoms with Crippen LogP contribution in [0.3, 0.4) is 0 Å². The summed E-state index contributed by atoms with van der Waals surface area (Å²) in [6.45, 7) is -1.20. The maximum Gasteiger partial charge on any atom is 0.362 e. The molecule has 14 nitrogen and oxygen atoms in total. The van der Waals surface area contributed by atoms with Gasteiger partial charge in [0, 0.05) is 11.3 Å². The largest absolute Gasteiger partial charge is 0.398 e. The van der Waals surface area contributed by atoms with Gasteiger partial charge in [0.1, 0.15) is 17.7 Å². The molecule has 0 unspecified atom stereocenters. The van der Waals surface area contributed by atoms with Crippen LogP contribution < -0.4 is 16.2 Å². The van der Waals surface area contributed by atoms with Gasteiger partial charge in [-0.1, -0.05) is 36.3 Å². The minimum atomic E-state index is -4.62. The number of hydrogen-bond donors (Lipinski definition) is 5. The number of nitrogens with two attached hydrogens (primary N) is 2. The lowest BCUT2D eigenvalue weighted by Gasteiger charge is -2.27. The van der Waals surface area contributed by atoms with Gasteiger partial charge in [0.15, 0.2) is 17.2 Å². The summed E-state index contributed by atoms with van der Waals surface area (Å²) >= 11 is 0. The number of anilines is 2. The summed E-state index contributed by atoms with van der Waals surface area (Å²) in [6, 6.07) is 15.0. The number of nitrogens with zero attached hydrogens (tertiary/aromatic N) is 4. The fraction of sp³-hybridized carbons (Fsp3) is 0.200. The first-order chi connectivity index (χ1) is 19.1. The molecule has 2 aromatic heterocycles. The zero-order valence-electron chi connectivity index (χ0n) is 20.6. The molecule has 0 bridgehead atoms. The number of carbonyl (C=O) groups excluding carboxylic acids is 1. The summed E-state index contributed by atoms with van der Waals surface area (Å²) in [6.07, 6.45) is -1.82. The van der Waals surface area contributed by atoms with E-state index in [-0.39, 0.29) is 34.1 Å². The Morgan fingerprint density at radius 2 is 1.88 bits per heavy atom. The van der Waals surface area contributed by atoms with Gasteiger partial charge in [-0.2, -0.15) is 8.42 Å². The van der Waals surface area contributed by atoms with E-state index in [0.29, 0.717) is 0 Å². The first-order valence-corrected chi connectivity index (χ1v) is 13.1. The molecule has 206 valence electrons. The van der Waals surface area contributed by atoms with E-state index in [0.717, 1.165) is 10.1 Å². The SMILES string of the molecule is Nc1ccccc1C(=O)NS(=O)(=O)OC[C@H]1OC[C@](O)(n2cnc3c(N)nc(C#Cc4ccccc4)nc32)[C@@H]1O. The second-order valence-electron chi connectivity index (χ2n) is 8.77. The molecule has 1 saturated heterocycles. The Morgan fingerprint density at radius 1 is 1.15 bits per heavy atom.